The molecule has 1 amide bonds. The number of pyridine rings is 1. The number of anilines is 1. The van der Waals surface area contributed by atoms with Crippen LogP contribution in [-0.2, 0) is 10.0 Å². The Morgan fingerprint density at radius 2 is 1.93 bits per heavy atom. The minimum absolute atomic E-state index is 0.00588. The number of carbonyl (C=O) groups is 1. The van der Waals surface area contributed by atoms with Crippen LogP contribution in [0.15, 0.2) is 42.6 Å². The summed E-state index contributed by atoms with van der Waals surface area (Å²) in [4.78, 5) is 18.3. The number of ether oxygens (including phenoxy) is 1. The van der Waals surface area contributed by atoms with Crippen LogP contribution < -0.4 is 9.04 Å². The van der Waals surface area contributed by atoms with Gasteiger partial charge in [-0.05, 0) is 25.1 Å². The number of halogens is 1. The number of carbonyl (C=O) groups excluding carboxylic acids is 1. The third kappa shape index (κ3) is 4.84. The highest BCUT2D eigenvalue weighted by Crippen LogP contribution is 2.22. The third-order valence-electron chi connectivity index (χ3n) is 4.99. The van der Waals surface area contributed by atoms with Gasteiger partial charge in [-0.15, -0.1) is 0 Å². The second-order valence-electron chi connectivity index (χ2n) is 6.81. The van der Waals surface area contributed by atoms with Crippen molar-refractivity contribution in [1.29, 1.82) is 0 Å². The van der Waals surface area contributed by atoms with Gasteiger partial charge in [-0.25, -0.2) is 17.8 Å². The van der Waals surface area contributed by atoms with E-state index in [0.29, 0.717) is 37.5 Å². The fraction of sp³-hybridized carbons (Fsp3) is 0.400. The molecule has 1 aromatic heterocycles. The minimum atomic E-state index is -3.34. The zero-order chi connectivity index (χ0) is 21.0. The molecule has 2 heterocycles. The predicted molar refractivity (Wildman–Crippen MR) is 108 cm³/mol. The molecule has 0 saturated carbocycles. The van der Waals surface area contributed by atoms with Crippen LogP contribution in [0, 0.1) is 5.82 Å². The van der Waals surface area contributed by atoms with Crippen LogP contribution >= 0.6 is 0 Å². The molecule has 1 aromatic carbocycles. The molecular formula is C20H24FN3O4S. The number of hydrogen-bond donors (Lipinski definition) is 0. The zero-order valence-corrected chi connectivity index (χ0v) is 17.2. The number of likely N-dealkylation sites (tertiary alicyclic amines) is 1. The normalized spacial score (nSPS) is 15.2. The lowest BCUT2D eigenvalue weighted by molar-refractivity contribution is 0.0584. The summed E-state index contributed by atoms with van der Waals surface area (Å²) in [7, 11) is -1.86. The van der Waals surface area contributed by atoms with Gasteiger partial charge in [0.05, 0.1) is 23.2 Å². The Hall–Kier alpha value is -2.68. The Bertz CT molecular complexity index is 958. The Morgan fingerprint density at radius 1 is 1.24 bits per heavy atom. The first-order chi connectivity index (χ1) is 13.8. The number of rotatable bonds is 6. The van der Waals surface area contributed by atoms with Crippen LogP contribution in [0.25, 0.3) is 0 Å². The average Bonchev–Trinajstić information content (AvgIpc) is 2.74. The van der Waals surface area contributed by atoms with Crippen LogP contribution in [0.2, 0.25) is 0 Å². The maximum absolute atomic E-state index is 13.8. The molecular weight excluding hydrogens is 397 g/mol. The van der Waals surface area contributed by atoms with Gasteiger partial charge in [0.25, 0.3) is 5.91 Å². The lowest BCUT2D eigenvalue weighted by Crippen LogP contribution is -2.42. The lowest BCUT2D eigenvalue weighted by Gasteiger charge is -2.32. The maximum atomic E-state index is 13.8. The van der Waals surface area contributed by atoms with Crippen molar-refractivity contribution in [2.45, 2.75) is 25.9 Å². The molecule has 3 rings (SSSR count). The molecule has 0 unspecified atom stereocenters. The molecule has 9 heteroatoms. The van der Waals surface area contributed by atoms with Gasteiger partial charge in [0.1, 0.15) is 11.9 Å². The van der Waals surface area contributed by atoms with E-state index in [9.17, 15) is 17.6 Å². The Morgan fingerprint density at radius 3 is 2.52 bits per heavy atom. The second-order valence-corrected chi connectivity index (χ2v) is 9.10. The molecule has 0 spiro atoms. The molecule has 0 aliphatic carbocycles. The van der Waals surface area contributed by atoms with Gasteiger partial charge in [0.15, 0.2) is 0 Å². The number of sulfonamides is 1. The van der Waals surface area contributed by atoms with E-state index in [-0.39, 0.29) is 23.3 Å². The van der Waals surface area contributed by atoms with E-state index in [2.05, 4.69) is 4.98 Å². The Balaban J connectivity index is 1.56. The van der Waals surface area contributed by atoms with Gasteiger partial charge in [-0.1, -0.05) is 12.1 Å². The number of amides is 1. The van der Waals surface area contributed by atoms with Crippen molar-refractivity contribution in [3.8, 4) is 5.88 Å². The summed E-state index contributed by atoms with van der Waals surface area (Å²) >= 11 is 0. The molecule has 7 nitrogen and oxygen atoms in total. The van der Waals surface area contributed by atoms with Crippen molar-refractivity contribution in [2.24, 2.45) is 0 Å². The largest absolute Gasteiger partial charge is 0.474 e. The van der Waals surface area contributed by atoms with Crippen molar-refractivity contribution >= 4 is 21.6 Å². The zero-order valence-electron chi connectivity index (χ0n) is 16.4. The molecule has 1 aliphatic heterocycles. The van der Waals surface area contributed by atoms with E-state index in [1.807, 2.05) is 0 Å². The van der Waals surface area contributed by atoms with E-state index < -0.39 is 15.8 Å². The first-order valence-corrected chi connectivity index (χ1v) is 11.1. The monoisotopic (exact) mass is 421 g/mol. The molecule has 2 aromatic rings. The minimum Gasteiger partial charge on any atom is -0.474 e. The summed E-state index contributed by atoms with van der Waals surface area (Å²) < 4.78 is 44.7. The van der Waals surface area contributed by atoms with Crippen molar-refractivity contribution in [3.05, 3.63) is 54.0 Å². The highest BCUT2D eigenvalue weighted by atomic mass is 32.2. The van der Waals surface area contributed by atoms with Crippen LogP contribution in [0.4, 0.5) is 10.1 Å². The maximum Gasteiger partial charge on any atom is 0.256 e. The van der Waals surface area contributed by atoms with Gasteiger partial charge >= 0.3 is 0 Å². The smallest absolute Gasteiger partial charge is 0.256 e. The molecule has 0 radical (unpaired) electrons. The second kappa shape index (κ2) is 8.77. The highest BCUT2D eigenvalue weighted by molar-refractivity contribution is 7.92. The summed E-state index contributed by atoms with van der Waals surface area (Å²) in [6.45, 7) is 2.51. The fourth-order valence-corrected chi connectivity index (χ4v) is 3.95. The van der Waals surface area contributed by atoms with Crippen LogP contribution in [0.5, 0.6) is 5.88 Å². The number of benzene rings is 1. The molecule has 0 bridgehead atoms. The highest BCUT2D eigenvalue weighted by Gasteiger charge is 2.26. The average molecular weight is 421 g/mol. The molecule has 0 N–H and O–H groups in total. The van der Waals surface area contributed by atoms with Gasteiger partial charge in [-0.3, -0.25) is 9.10 Å². The summed E-state index contributed by atoms with van der Waals surface area (Å²) in [6.07, 6.45) is 2.55. The molecule has 1 fully saturated rings. The molecule has 1 aliphatic rings. The van der Waals surface area contributed by atoms with Crippen molar-refractivity contribution in [2.75, 3.05) is 30.2 Å². The van der Waals surface area contributed by atoms with E-state index in [1.165, 1.54) is 29.7 Å². The van der Waals surface area contributed by atoms with E-state index in [0.717, 1.165) is 0 Å². The number of piperidine rings is 1. The quantitative estimate of drug-likeness (QED) is 0.717. The predicted octanol–water partition coefficient (Wildman–Crippen LogP) is 2.69. The fourth-order valence-electron chi connectivity index (χ4n) is 3.14. The van der Waals surface area contributed by atoms with Crippen LogP contribution in [0.3, 0.4) is 0 Å². The summed E-state index contributed by atoms with van der Waals surface area (Å²) in [5.74, 6) is -0.430. The Labute approximate surface area is 170 Å². The SMILES string of the molecule is CCS(=O)(=O)N(C)c1ccc(OC2CCN(C(=O)c3ccccc3F)CC2)nc1. The van der Waals surface area contributed by atoms with Gasteiger partial charge in [0.2, 0.25) is 15.9 Å². The van der Waals surface area contributed by atoms with Crippen molar-refractivity contribution in [3.63, 3.8) is 0 Å². The third-order valence-corrected chi connectivity index (χ3v) is 6.76. The first kappa shape index (κ1) is 21.0. The van der Waals surface area contributed by atoms with Crippen LogP contribution in [0.1, 0.15) is 30.1 Å². The number of aromatic nitrogens is 1. The molecule has 29 heavy (non-hydrogen) atoms. The first-order valence-electron chi connectivity index (χ1n) is 9.45. The van der Waals surface area contributed by atoms with Gasteiger partial charge in [-0.2, -0.15) is 0 Å². The molecule has 1 saturated heterocycles. The number of hydrogen-bond acceptors (Lipinski definition) is 5. The topological polar surface area (TPSA) is 79.8 Å². The van der Waals surface area contributed by atoms with E-state index >= 15 is 0 Å². The van der Waals surface area contributed by atoms with Crippen molar-refractivity contribution in [1.82, 2.24) is 9.88 Å². The van der Waals surface area contributed by atoms with E-state index in [1.54, 1.807) is 36.1 Å². The lowest BCUT2D eigenvalue weighted by atomic mass is 10.1. The summed E-state index contributed by atoms with van der Waals surface area (Å²) in [5.41, 5.74) is 0.541. The van der Waals surface area contributed by atoms with Gasteiger partial charge in [0, 0.05) is 39.0 Å². The van der Waals surface area contributed by atoms with Crippen LogP contribution in [-0.4, -0.2) is 56.2 Å². The van der Waals surface area contributed by atoms with Crippen molar-refractivity contribution < 1.29 is 22.3 Å². The summed E-state index contributed by atoms with van der Waals surface area (Å²) in [5, 5.41) is 0. The summed E-state index contributed by atoms with van der Waals surface area (Å²) in [6, 6.07) is 9.24. The standard InChI is InChI=1S/C20H24FN3O4S/c1-3-29(26,27)23(2)15-8-9-19(22-14-15)28-16-10-12-24(13-11-16)20(25)17-6-4-5-7-18(17)21/h4-9,14,16H,3,10-13H2,1-2H3. The Kier molecular flexibility index (Phi) is 6.36. The van der Waals surface area contributed by atoms with Gasteiger partial charge < -0.3 is 9.64 Å². The van der Waals surface area contributed by atoms with E-state index in [4.69, 9.17) is 4.74 Å². The molecule has 0 atom stereocenters. The number of nitrogens with zero attached hydrogens (tertiary/aromatic N) is 3. The molecule has 156 valence electrons.